The Kier molecular flexibility index (Phi) is 3.20. The molecule has 0 spiro atoms. The van der Waals surface area contributed by atoms with Crippen LogP contribution in [0.5, 0.6) is 0 Å². The van der Waals surface area contributed by atoms with Crippen molar-refractivity contribution in [3.05, 3.63) is 34.5 Å². The largest absolute Gasteiger partial charge is 0.629 e. The molecule has 1 aromatic rings. The fourth-order valence-electron chi connectivity index (χ4n) is 1.12. The predicted octanol–water partition coefficient (Wildman–Crippen LogP) is 1.05. The van der Waals surface area contributed by atoms with Crippen LogP contribution in [0.1, 0.15) is 15.9 Å². The van der Waals surface area contributed by atoms with Crippen LogP contribution in [0.3, 0.4) is 0 Å². The third-order valence-electron chi connectivity index (χ3n) is 1.91. The highest BCUT2D eigenvalue weighted by Gasteiger charge is 2.32. The van der Waals surface area contributed by atoms with Gasteiger partial charge in [0.25, 0.3) is 0 Å². The van der Waals surface area contributed by atoms with E-state index in [0.717, 1.165) is 13.1 Å². The number of aromatic carboxylic acids is 1. The highest BCUT2D eigenvalue weighted by atomic mass is 19.4. The lowest BCUT2D eigenvalue weighted by molar-refractivity contribution is -0.751. The summed E-state index contributed by atoms with van der Waals surface area (Å²) in [6, 6.07) is 2.05. The number of quaternary nitrogens is 1. The van der Waals surface area contributed by atoms with Gasteiger partial charge < -0.3 is 15.4 Å². The zero-order valence-corrected chi connectivity index (χ0v) is 8.13. The quantitative estimate of drug-likeness (QED) is 0.753. The molecule has 0 saturated heterocycles. The van der Waals surface area contributed by atoms with E-state index in [0.29, 0.717) is 12.1 Å². The Morgan fingerprint density at radius 1 is 1.38 bits per heavy atom. The van der Waals surface area contributed by atoms with Gasteiger partial charge in [0.05, 0.1) is 18.2 Å². The number of hydrogen-bond acceptors (Lipinski definition) is 2. The van der Waals surface area contributed by atoms with E-state index in [1.54, 1.807) is 0 Å². The smallest absolute Gasteiger partial charge is 0.416 e. The maximum atomic E-state index is 12.4. The molecule has 7 heteroatoms. The number of hydroxylamine groups is 1. The zero-order chi connectivity index (χ0) is 12.5. The van der Waals surface area contributed by atoms with Gasteiger partial charge in [-0.2, -0.15) is 13.2 Å². The van der Waals surface area contributed by atoms with Crippen LogP contribution in [0, 0.1) is 5.21 Å². The molecule has 88 valence electrons. The van der Waals surface area contributed by atoms with E-state index in [4.69, 9.17) is 5.11 Å². The summed E-state index contributed by atoms with van der Waals surface area (Å²) in [6.07, 6.45) is -4.67. The van der Waals surface area contributed by atoms with Crippen molar-refractivity contribution < 1.29 is 28.1 Å². The Bertz CT molecular complexity index is 415. The third kappa shape index (κ3) is 2.71. The van der Waals surface area contributed by atoms with Gasteiger partial charge in [-0.25, -0.2) is 4.79 Å². The average molecular weight is 235 g/mol. The second-order valence-corrected chi connectivity index (χ2v) is 3.16. The summed E-state index contributed by atoms with van der Waals surface area (Å²) in [6.45, 7) is 0. The molecule has 0 radical (unpaired) electrons. The standard InChI is InChI=1S/C9H8F3NO3/c1-13(16)7-3-5(8(14)15)2-6(4-7)9(10,11)12/h2-4,13H,1H3,(H,14,15). The van der Waals surface area contributed by atoms with E-state index in [9.17, 15) is 23.2 Å². The van der Waals surface area contributed by atoms with Crippen molar-refractivity contribution >= 4 is 11.7 Å². The molecule has 2 N–H and O–H groups in total. The Labute approximate surface area is 88.5 Å². The number of rotatable bonds is 2. The molecule has 1 atom stereocenters. The molecule has 0 heterocycles. The highest BCUT2D eigenvalue weighted by Crippen LogP contribution is 2.31. The molecule has 0 aliphatic heterocycles. The fourth-order valence-corrected chi connectivity index (χ4v) is 1.12. The number of carboxylic acids is 1. The van der Waals surface area contributed by atoms with E-state index in [1.165, 1.54) is 0 Å². The van der Waals surface area contributed by atoms with E-state index in [-0.39, 0.29) is 5.69 Å². The summed E-state index contributed by atoms with van der Waals surface area (Å²) in [7, 11) is 1.07. The Hall–Kier alpha value is -1.60. The van der Waals surface area contributed by atoms with Gasteiger partial charge in [0.2, 0.25) is 0 Å². The number of hydrogen-bond donors (Lipinski definition) is 2. The first kappa shape index (κ1) is 12.5. The molecule has 0 aromatic heterocycles. The first-order chi connectivity index (χ1) is 7.21. The number of nitrogens with one attached hydrogen (secondary N) is 1. The van der Waals surface area contributed by atoms with Crippen LogP contribution >= 0.6 is 0 Å². The first-order valence-electron chi connectivity index (χ1n) is 4.18. The summed E-state index contributed by atoms with van der Waals surface area (Å²) >= 11 is 0. The van der Waals surface area contributed by atoms with Crippen molar-refractivity contribution in [2.45, 2.75) is 6.18 Å². The van der Waals surface area contributed by atoms with Gasteiger partial charge in [-0.3, -0.25) is 0 Å². The van der Waals surface area contributed by atoms with Gasteiger partial charge in [0, 0.05) is 12.1 Å². The Morgan fingerprint density at radius 2 is 1.94 bits per heavy atom. The molecular weight excluding hydrogens is 227 g/mol. The number of benzene rings is 1. The lowest BCUT2D eigenvalue weighted by atomic mass is 10.1. The monoisotopic (exact) mass is 235 g/mol. The van der Waals surface area contributed by atoms with Crippen molar-refractivity contribution in [3.8, 4) is 0 Å². The van der Waals surface area contributed by atoms with Crippen molar-refractivity contribution in [1.82, 2.24) is 0 Å². The minimum Gasteiger partial charge on any atom is -0.629 e. The normalized spacial score (nSPS) is 13.6. The van der Waals surface area contributed by atoms with Crippen LogP contribution in [0.25, 0.3) is 0 Å². The molecule has 0 saturated carbocycles. The molecule has 0 aliphatic rings. The van der Waals surface area contributed by atoms with Crippen molar-refractivity contribution in [2.24, 2.45) is 0 Å². The molecule has 1 rings (SSSR count). The number of alkyl halides is 3. The molecular formula is C9H8F3NO3. The van der Waals surface area contributed by atoms with E-state index >= 15 is 0 Å². The van der Waals surface area contributed by atoms with Crippen LogP contribution < -0.4 is 5.06 Å². The summed E-state index contributed by atoms with van der Waals surface area (Å²) < 4.78 is 37.1. The number of halogens is 3. The van der Waals surface area contributed by atoms with Crippen LogP contribution in [0.15, 0.2) is 18.2 Å². The molecule has 0 amide bonds. The second kappa shape index (κ2) is 4.11. The van der Waals surface area contributed by atoms with Crippen molar-refractivity contribution in [2.75, 3.05) is 7.05 Å². The summed E-state index contributed by atoms with van der Waals surface area (Å²) in [4.78, 5) is 10.6. The fraction of sp³-hybridized carbons (Fsp3) is 0.222. The van der Waals surface area contributed by atoms with E-state index in [1.807, 2.05) is 0 Å². The number of carboxylic acid groups (broad SMARTS) is 1. The van der Waals surface area contributed by atoms with Gasteiger partial charge in [-0.15, -0.1) is 0 Å². The zero-order valence-electron chi connectivity index (χ0n) is 8.13. The van der Waals surface area contributed by atoms with Gasteiger partial charge in [-0.05, 0) is 6.07 Å². The predicted molar refractivity (Wildman–Crippen MR) is 48.3 cm³/mol. The maximum absolute atomic E-state index is 12.4. The minimum absolute atomic E-state index is 0.271. The van der Waals surface area contributed by atoms with Gasteiger partial charge in [-0.1, -0.05) is 0 Å². The minimum atomic E-state index is -4.67. The molecule has 1 unspecified atom stereocenters. The van der Waals surface area contributed by atoms with E-state index in [2.05, 4.69) is 0 Å². The lowest BCUT2D eigenvalue weighted by Gasteiger charge is -2.17. The average Bonchev–Trinajstić information content (AvgIpc) is 2.15. The van der Waals surface area contributed by atoms with E-state index < -0.39 is 28.3 Å². The Balaban J connectivity index is 3.36. The molecule has 0 bridgehead atoms. The molecule has 16 heavy (non-hydrogen) atoms. The second-order valence-electron chi connectivity index (χ2n) is 3.16. The van der Waals surface area contributed by atoms with Gasteiger partial charge in [0.15, 0.2) is 0 Å². The molecule has 0 fully saturated rings. The highest BCUT2D eigenvalue weighted by molar-refractivity contribution is 5.88. The topological polar surface area (TPSA) is 64.8 Å². The van der Waals surface area contributed by atoms with Crippen LogP contribution in [0.4, 0.5) is 18.9 Å². The summed E-state index contributed by atoms with van der Waals surface area (Å²) in [5, 5.41) is 18.9. The Morgan fingerprint density at radius 3 is 2.31 bits per heavy atom. The SMILES string of the molecule is C[NH+]([O-])c1cc(C(=O)O)cc(C(F)(F)F)c1. The van der Waals surface area contributed by atoms with Gasteiger partial charge in [0.1, 0.15) is 5.69 Å². The maximum Gasteiger partial charge on any atom is 0.416 e. The third-order valence-corrected chi connectivity index (χ3v) is 1.91. The molecule has 1 aromatic carbocycles. The van der Waals surface area contributed by atoms with Crippen LogP contribution in [-0.2, 0) is 6.18 Å². The number of carbonyl (C=O) groups is 1. The van der Waals surface area contributed by atoms with Crippen molar-refractivity contribution in [1.29, 1.82) is 0 Å². The molecule has 4 nitrogen and oxygen atoms in total. The van der Waals surface area contributed by atoms with Crippen molar-refractivity contribution in [3.63, 3.8) is 0 Å². The van der Waals surface area contributed by atoms with Crippen LogP contribution in [-0.4, -0.2) is 18.1 Å². The first-order valence-corrected chi connectivity index (χ1v) is 4.18. The lowest BCUT2D eigenvalue weighted by Crippen LogP contribution is -2.98. The van der Waals surface area contributed by atoms with Crippen LogP contribution in [0.2, 0.25) is 0 Å². The van der Waals surface area contributed by atoms with Gasteiger partial charge >= 0.3 is 12.1 Å². The molecule has 0 aliphatic carbocycles. The summed E-state index contributed by atoms with van der Waals surface area (Å²) in [5.74, 6) is -1.51. The summed E-state index contributed by atoms with van der Waals surface area (Å²) in [5.41, 5.74) is -1.97.